The molecule has 0 spiro atoms. The Morgan fingerprint density at radius 1 is 1.57 bits per heavy atom. The van der Waals surface area contributed by atoms with Crippen LogP contribution in [0.4, 0.5) is 5.69 Å². The van der Waals surface area contributed by atoms with Gasteiger partial charge in [-0.15, -0.1) is 0 Å². The van der Waals surface area contributed by atoms with Crippen LogP contribution in [0.1, 0.15) is 12.5 Å². The molecule has 1 heterocycles. The molecule has 73 valence electrons. The highest BCUT2D eigenvalue weighted by Crippen LogP contribution is 2.38. The average Bonchev–Trinajstić information content (AvgIpc) is 2.57. The number of hydrogen-bond acceptors (Lipinski definition) is 2. The summed E-state index contributed by atoms with van der Waals surface area (Å²) in [6.45, 7) is 2.23. The summed E-state index contributed by atoms with van der Waals surface area (Å²) in [6.07, 6.45) is 1.74. The summed E-state index contributed by atoms with van der Waals surface area (Å²) >= 11 is 0. The van der Waals surface area contributed by atoms with E-state index < -0.39 is 11.4 Å². The Morgan fingerprint density at radius 3 is 2.93 bits per heavy atom. The topological polar surface area (TPSA) is 49.3 Å². The van der Waals surface area contributed by atoms with Gasteiger partial charge in [-0.3, -0.25) is 4.79 Å². The first-order valence-electron chi connectivity index (χ1n) is 4.58. The molecule has 2 rings (SSSR count). The van der Waals surface area contributed by atoms with Gasteiger partial charge in [0.05, 0.1) is 0 Å². The lowest BCUT2D eigenvalue weighted by Gasteiger charge is -2.21. The van der Waals surface area contributed by atoms with E-state index >= 15 is 0 Å². The fraction of sp³-hybridized carbons (Fsp3) is 0.273. The number of aliphatic carboxylic acids is 1. The van der Waals surface area contributed by atoms with Crippen molar-refractivity contribution in [1.29, 1.82) is 0 Å². The maximum atomic E-state index is 11.2. The molecule has 0 amide bonds. The Morgan fingerprint density at radius 2 is 2.29 bits per heavy atom. The molecule has 1 radical (unpaired) electrons. The van der Waals surface area contributed by atoms with Gasteiger partial charge in [0.25, 0.3) is 0 Å². The highest BCUT2D eigenvalue weighted by Gasteiger charge is 2.44. The molecule has 1 aliphatic rings. The van der Waals surface area contributed by atoms with Crippen molar-refractivity contribution >= 4 is 11.7 Å². The van der Waals surface area contributed by atoms with E-state index in [9.17, 15) is 9.90 Å². The number of rotatable bonds is 2. The number of hydrogen-bond donors (Lipinski definition) is 2. The summed E-state index contributed by atoms with van der Waals surface area (Å²) in [4.78, 5) is 11.2. The average molecular weight is 190 g/mol. The molecule has 1 aromatic carbocycles. The van der Waals surface area contributed by atoms with Gasteiger partial charge in [-0.25, -0.2) is 0 Å². The predicted octanol–water partition coefficient (Wildman–Crippen LogP) is 1.66. The Bertz CT molecular complexity index is 375. The second-order valence-electron chi connectivity index (χ2n) is 3.46. The third-order valence-electron chi connectivity index (χ3n) is 2.84. The smallest absolute Gasteiger partial charge is 0.316 e. The second kappa shape index (κ2) is 3.01. The minimum absolute atomic E-state index is 0.443. The van der Waals surface area contributed by atoms with Gasteiger partial charge in [-0.05, 0) is 18.1 Å². The van der Waals surface area contributed by atoms with Crippen molar-refractivity contribution in [2.75, 3.05) is 11.9 Å². The molecule has 1 atom stereocenters. The van der Waals surface area contributed by atoms with E-state index in [4.69, 9.17) is 0 Å². The fourth-order valence-electron chi connectivity index (χ4n) is 1.93. The van der Waals surface area contributed by atoms with Crippen LogP contribution in [0.25, 0.3) is 0 Å². The Balaban J connectivity index is 2.55. The maximum absolute atomic E-state index is 11.2. The lowest BCUT2D eigenvalue weighted by atomic mass is 9.80. The van der Waals surface area contributed by atoms with Crippen LogP contribution in [0.15, 0.2) is 24.3 Å². The number of carboxylic acids is 1. The zero-order valence-corrected chi connectivity index (χ0v) is 7.95. The van der Waals surface area contributed by atoms with E-state index in [1.54, 1.807) is 13.3 Å². The predicted molar refractivity (Wildman–Crippen MR) is 54.2 cm³/mol. The monoisotopic (exact) mass is 190 g/mol. The summed E-state index contributed by atoms with van der Waals surface area (Å²) in [7, 11) is 0. The van der Waals surface area contributed by atoms with Gasteiger partial charge in [-0.2, -0.15) is 0 Å². The highest BCUT2D eigenvalue weighted by atomic mass is 16.4. The van der Waals surface area contributed by atoms with Crippen molar-refractivity contribution in [3.8, 4) is 0 Å². The Hall–Kier alpha value is -1.51. The Labute approximate surface area is 82.8 Å². The van der Waals surface area contributed by atoms with Crippen LogP contribution in [0.2, 0.25) is 0 Å². The van der Waals surface area contributed by atoms with E-state index in [2.05, 4.69) is 5.32 Å². The van der Waals surface area contributed by atoms with Crippen LogP contribution < -0.4 is 5.32 Å². The number of carboxylic acid groups (broad SMARTS) is 1. The summed E-state index contributed by atoms with van der Waals surface area (Å²) in [5.74, 6) is -0.794. The number of carbonyl (C=O) groups is 1. The van der Waals surface area contributed by atoms with Crippen LogP contribution in [-0.4, -0.2) is 17.6 Å². The van der Waals surface area contributed by atoms with E-state index in [0.29, 0.717) is 6.54 Å². The summed E-state index contributed by atoms with van der Waals surface area (Å²) in [5.41, 5.74) is 0.930. The highest BCUT2D eigenvalue weighted by molar-refractivity contribution is 5.89. The molecule has 0 bridgehead atoms. The van der Waals surface area contributed by atoms with Crippen molar-refractivity contribution in [3.05, 3.63) is 36.2 Å². The van der Waals surface area contributed by atoms with E-state index in [1.807, 2.05) is 24.3 Å². The number of anilines is 1. The van der Waals surface area contributed by atoms with E-state index in [-0.39, 0.29) is 0 Å². The zero-order valence-electron chi connectivity index (χ0n) is 7.95. The fourth-order valence-corrected chi connectivity index (χ4v) is 1.93. The molecule has 0 aromatic heterocycles. The standard InChI is InChI=1S/C11H12NO2/c1-2-11(10(13)14)7-12-9-6-4-3-5-8(9)11/h2-6,12H,7H2,1H3,(H,13,14). The molecule has 0 aliphatic carbocycles. The van der Waals surface area contributed by atoms with Crippen LogP contribution in [0, 0.1) is 6.42 Å². The number of benzene rings is 1. The first kappa shape index (κ1) is 9.06. The number of fused-ring (bicyclic) bond motifs is 1. The van der Waals surface area contributed by atoms with Gasteiger partial charge in [0, 0.05) is 12.2 Å². The van der Waals surface area contributed by atoms with Crippen LogP contribution in [0.5, 0.6) is 0 Å². The largest absolute Gasteiger partial charge is 0.481 e. The molecule has 0 fully saturated rings. The Kier molecular flexibility index (Phi) is 1.95. The molecular weight excluding hydrogens is 178 g/mol. The van der Waals surface area contributed by atoms with E-state index in [1.165, 1.54) is 0 Å². The minimum Gasteiger partial charge on any atom is -0.481 e. The lowest BCUT2D eigenvalue weighted by molar-refractivity contribution is -0.141. The quantitative estimate of drug-likeness (QED) is 0.745. The molecule has 14 heavy (non-hydrogen) atoms. The van der Waals surface area contributed by atoms with Crippen LogP contribution >= 0.6 is 0 Å². The third kappa shape index (κ3) is 1.02. The van der Waals surface area contributed by atoms with Crippen molar-refractivity contribution in [3.63, 3.8) is 0 Å². The van der Waals surface area contributed by atoms with Crippen LogP contribution in [0.3, 0.4) is 0 Å². The van der Waals surface area contributed by atoms with Crippen LogP contribution in [-0.2, 0) is 10.2 Å². The van der Waals surface area contributed by atoms with Gasteiger partial charge in [0.1, 0.15) is 5.41 Å². The molecular formula is C11H12NO2. The zero-order chi connectivity index (χ0) is 10.2. The SMILES string of the molecule is C[CH]C1(C(=O)O)CNc2ccccc21. The molecule has 1 aromatic rings. The minimum atomic E-state index is -0.851. The molecule has 1 aliphatic heterocycles. The summed E-state index contributed by atoms with van der Waals surface area (Å²) < 4.78 is 0. The molecule has 2 N–H and O–H groups in total. The summed E-state index contributed by atoms with van der Waals surface area (Å²) in [6, 6.07) is 7.54. The second-order valence-corrected chi connectivity index (χ2v) is 3.46. The van der Waals surface area contributed by atoms with Crippen molar-refractivity contribution in [2.45, 2.75) is 12.3 Å². The number of para-hydroxylation sites is 1. The van der Waals surface area contributed by atoms with Gasteiger partial charge >= 0.3 is 5.97 Å². The molecule has 1 unspecified atom stereocenters. The van der Waals surface area contributed by atoms with Gasteiger partial charge in [-0.1, -0.05) is 25.1 Å². The lowest BCUT2D eigenvalue weighted by Crippen LogP contribution is -2.37. The van der Waals surface area contributed by atoms with Crippen molar-refractivity contribution < 1.29 is 9.90 Å². The molecule has 3 heteroatoms. The third-order valence-corrected chi connectivity index (χ3v) is 2.84. The first-order chi connectivity index (χ1) is 6.70. The first-order valence-corrected chi connectivity index (χ1v) is 4.58. The van der Waals surface area contributed by atoms with Gasteiger partial charge < -0.3 is 10.4 Å². The maximum Gasteiger partial charge on any atom is 0.316 e. The molecule has 3 nitrogen and oxygen atoms in total. The number of nitrogens with one attached hydrogen (secondary N) is 1. The van der Waals surface area contributed by atoms with E-state index in [0.717, 1.165) is 11.3 Å². The summed E-state index contributed by atoms with van der Waals surface area (Å²) in [5, 5.41) is 12.4. The molecule has 0 saturated heterocycles. The molecule has 0 saturated carbocycles. The normalized spacial score (nSPS) is 24.1. The van der Waals surface area contributed by atoms with Crippen molar-refractivity contribution in [2.24, 2.45) is 0 Å². The van der Waals surface area contributed by atoms with Gasteiger partial charge in [0.15, 0.2) is 0 Å². The van der Waals surface area contributed by atoms with Crippen molar-refractivity contribution in [1.82, 2.24) is 0 Å². The van der Waals surface area contributed by atoms with Gasteiger partial charge in [0.2, 0.25) is 0 Å².